The Morgan fingerprint density at radius 3 is 2.74 bits per heavy atom. The van der Waals surface area contributed by atoms with E-state index in [0.29, 0.717) is 11.3 Å². The monoisotopic (exact) mass is 315 g/mol. The summed E-state index contributed by atoms with van der Waals surface area (Å²) in [7, 11) is 0. The molecule has 116 valence electrons. The lowest BCUT2D eigenvalue weighted by Crippen LogP contribution is -1.95. The maximum atomic E-state index is 12.8. The third-order valence-electron chi connectivity index (χ3n) is 2.96. The topological polar surface area (TPSA) is 91.3 Å². The van der Waals surface area contributed by atoms with Crippen molar-refractivity contribution in [2.75, 3.05) is 0 Å². The molecule has 0 amide bonds. The van der Waals surface area contributed by atoms with Crippen LogP contribution in [0.15, 0.2) is 53.1 Å². The second-order valence-corrected chi connectivity index (χ2v) is 4.56. The lowest BCUT2D eigenvalue weighted by molar-refractivity contribution is -0.384. The van der Waals surface area contributed by atoms with Crippen molar-refractivity contribution >= 4 is 5.69 Å². The average Bonchev–Trinajstić information content (AvgIpc) is 3.03. The summed E-state index contributed by atoms with van der Waals surface area (Å²) in [6.45, 7) is 0.00750. The van der Waals surface area contributed by atoms with Gasteiger partial charge in [-0.3, -0.25) is 10.1 Å². The van der Waals surface area contributed by atoms with Crippen molar-refractivity contribution in [2.45, 2.75) is 6.61 Å². The van der Waals surface area contributed by atoms with Crippen LogP contribution in [0.3, 0.4) is 0 Å². The number of hydrogen-bond acceptors (Lipinski definition) is 6. The fourth-order valence-corrected chi connectivity index (χ4v) is 1.87. The Kier molecular flexibility index (Phi) is 3.96. The molecule has 0 aliphatic carbocycles. The number of halogens is 1. The molecule has 1 aromatic heterocycles. The Balaban J connectivity index is 1.71. The van der Waals surface area contributed by atoms with E-state index in [4.69, 9.17) is 9.26 Å². The van der Waals surface area contributed by atoms with E-state index in [0.717, 1.165) is 0 Å². The maximum Gasteiger partial charge on any atom is 0.270 e. The number of nitro groups is 1. The van der Waals surface area contributed by atoms with Crippen molar-refractivity contribution in [1.82, 2.24) is 10.1 Å². The van der Waals surface area contributed by atoms with Crippen LogP contribution in [0.25, 0.3) is 11.4 Å². The van der Waals surface area contributed by atoms with Crippen LogP contribution >= 0.6 is 0 Å². The van der Waals surface area contributed by atoms with E-state index in [1.54, 1.807) is 12.1 Å². The number of nitro benzene ring substituents is 1. The molecular weight excluding hydrogens is 305 g/mol. The third-order valence-corrected chi connectivity index (χ3v) is 2.96. The summed E-state index contributed by atoms with van der Waals surface area (Å²) in [4.78, 5) is 14.4. The van der Waals surface area contributed by atoms with E-state index in [1.165, 1.54) is 36.4 Å². The van der Waals surface area contributed by atoms with Gasteiger partial charge in [0.2, 0.25) is 5.82 Å². The lowest BCUT2D eigenvalue weighted by Gasteiger charge is -2.01. The van der Waals surface area contributed by atoms with E-state index < -0.39 is 4.92 Å². The highest BCUT2D eigenvalue weighted by Gasteiger charge is 2.13. The first kappa shape index (κ1) is 14.6. The zero-order chi connectivity index (χ0) is 16.2. The Morgan fingerprint density at radius 1 is 1.22 bits per heavy atom. The Labute approximate surface area is 129 Å². The van der Waals surface area contributed by atoms with Crippen LogP contribution < -0.4 is 4.74 Å². The van der Waals surface area contributed by atoms with Crippen molar-refractivity contribution < 1.29 is 18.6 Å². The number of hydrogen-bond donors (Lipinski definition) is 0. The number of aromatic nitrogens is 2. The SMILES string of the molecule is O=[N+]([O-])c1cccc(-c2noc(COc3ccc(F)cc3)n2)c1. The summed E-state index contributed by atoms with van der Waals surface area (Å²) in [6.07, 6.45) is 0. The molecule has 7 nitrogen and oxygen atoms in total. The summed E-state index contributed by atoms with van der Waals surface area (Å²) in [6, 6.07) is 11.4. The van der Waals surface area contributed by atoms with Gasteiger partial charge in [-0.1, -0.05) is 17.3 Å². The molecule has 0 radical (unpaired) electrons. The fourth-order valence-electron chi connectivity index (χ4n) is 1.87. The smallest absolute Gasteiger partial charge is 0.270 e. The van der Waals surface area contributed by atoms with Gasteiger partial charge in [-0.15, -0.1) is 0 Å². The van der Waals surface area contributed by atoms with Crippen molar-refractivity contribution in [2.24, 2.45) is 0 Å². The van der Waals surface area contributed by atoms with Gasteiger partial charge in [0.1, 0.15) is 11.6 Å². The molecule has 3 rings (SSSR count). The highest BCUT2D eigenvalue weighted by Crippen LogP contribution is 2.21. The highest BCUT2D eigenvalue weighted by molar-refractivity contribution is 5.58. The molecule has 0 saturated carbocycles. The molecule has 0 bridgehead atoms. The first-order valence-electron chi connectivity index (χ1n) is 6.57. The van der Waals surface area contributed by atoms with Crippen LogP contribution in [0.5, 0.6) is 5.75 Å². The Bertz CT molecular complexity index is 833. The second-order valence-electron chi connectivity index (χ2n) is 4.56. The van der Waals surface area contributed by atoms with Crippen LogP contribution in [0.1, 0.15) is 5.89 Å². The van der Waals surface area contributed by atoms with Crippen LogP contribution in [0.2, 0.25) is 0 Å². The Hall–Kier alpha value is -3.29. The van der Waals surface area contributed by atoms with Gasteiger partial charge in [0, 0.05) is 17.7 Å². The van der Waals surface area contributed by atoms with Gasteiger partial charge in [-0.05, 0) is 24.3 Å². The molecule has 0 N–H and O–H groups in total. The van der Waals surface area contributed by atoms with Gasteiger partial charge in [0.05, 0.1) is 4.92 Å². The number of rotatable bonds is 5. The molecule has 0 aliphatic heterocycles. The first-order valence-corrected chi connectivity index (χ1v) is 6.57. The van der Waals surface area contributed by atoms with E-state index in [2.05, 4.69) is 10.1 Å². The Morgan fingerprint density at radius 2 is 2.00 bits per heavy atom. The van der Waals surface area contributed by atoms with Crippen molar-refractivity contribution in [3.63, 3.8) is 0 Å². The summed E-state index contributed by atoms with van der Waals surface area (Å²) >= 11 is 0. The van der Waals surface area contributed by atoms with Crippen LogP contribution in [0, 0.1) is 15.9 Å². The van der Waals surface area contributed by atoms with Crippen LogP contribution in [-0.4, -0.2) is 15.1 Å². The van der Waals surface area contributed by atoms with Crippen molar-refractivity contribution in [3.8, 4) is 17.1 Å². The molecule has 2 aromatic carbocycles. The van der Waals surface area contributed by atoms with Crippen molar-refractivity contribution in [3.05, 3.63) is 70.4 Å². The minimum atomic E-state index is -0.498. The van der Waals surface area contributed by atoms with Crippen LogP contribution in [0.4, 0.5) is 10.1 Å². The van der Waals surface area contributed by atoms with Gasteiger partial charge in [0.15, 0.2) is 6.61 Å². The number of ether oxygens (including phenoxy) is 1. The second kappa shape index (κ2) is 6.22. The first-order chi connectivity index (χ1) is 11.1. The molecule has 0 atom stereocenters. The van der Waals surface area contributed by atoms with Gasteiger partial charge >= 0.3 is 0 Å². The predicted molar refractivity (Wildman–Crippen MR) is 77.1 cm³/mol. The largest absolute Gasteiger partial charge is 0.484 e. The zero-order valence-electron chi connectivity index (χ0n) is 11.7. The molecule has 0 aliphatic rings. The van der Waals surface area contributed by atoms with Crippen LogP contribution in [-0.2, 0) is 6.61 Å². The fraction of sp³-hybridized carbons (Fsp3) is 0.0667. The highest BCUT2D eigenvalue weighted by atomic mass is 19.1. The van der Waals surface area contributed by atoms with Gasteiger partial charge in [0.25, 0.3) is 11.6 Å². The van der Waals surface area contributed by atoms with E-state index in [1.807, 2.05) is 0 Å². The summed E-state index contributed by atoms with van der Waals surface area (Å²) < 4.78 is 23.2. The van der Waals surface area contributed by atoms with E-state index >= 15 is 0 Å². The maximum absolute atomic E-state index is 12.8. The minimum Gasteiger partial charge on any atom is -0.484 e. The molecular formula is C15H10FN3O4. The summed E-state index contributed by atoms with van der Waals surface area (Å²) in [5.74, 6) is 0.534. The molecule has 0 fully saturated rings. The molecule has 0 unspecified atom stereocenters. The lowest BCUT2D eigenvalue weighted by atomic mass is 10.2. The van der Waals surface area contributed by atoms with Crippen molar-refractivity contribution in [1.29, 1.82) is 0 Å². The number of nitrogens with zero attached hydrogens (tertiary/aromatic N) is 3. The number of benzene rings is 2. The average molecular weight is 315 g/mol. The molecule has 0 saturated heterocycles. The molecule has 3 aromatic rings. The normalized spacial score (nSPS) is 10.5. The molecule has 8 heteroatoms. The van der Waals surface area contributed by atoms with Gasteiger partial charge in [-0.2, -0.15) is 4.98 Å². The standard InChI is InChI=1S/C15H10FN3O4/c16-11-4-6-13(7-5-11)22-9-14-17-15(18-23-14)10-2-1-3-12(8-10)19(20)21/h1-8H,9H2. The van der Waals surface area contributed by atoms with Gasteiger partial charge in [-0.25, -0.2) is 4.39 Å². The quantitative estimate of drug-likeness (QED) is 0.529. The summed E-state index contributed by atoms with van der Waals surface area (Å²) in [5, 5.41) is 14.5. The minimum absolute atomic E-state index is 0.00750. The summed E-state index contributed by atoms with van der Waals surface area (Å²) in [5.41, 5.74) is 0.410. The third kappa shape index (κ3) is 3.49. The molecule has 23 heavy (non-hydrogen) atoms. The molecule has 0 spiro atoms. The zero-order valence-corrected chi connectivity index (χ0v) is 11.7. The number of non-ortho nitro benzene ring substituents is 1. The van der Waals surface area contributed by atoms with E-state index in [9.17, 15) is 14.5 Å². The van der Waals surface area contributed by atoms with E-state index in [-0.39, 0.29) is 29.8 Å². The van der Waals surface area contributed by atoms with Gasteiger partial charge < -0.3 is 9.26 Å². The molecule has 1 heterocycles. The predicted octanol–water partition coefficient (Wildman–Crippen LogP) is 3.36.